The van der Waals surface area contributed by atoms with E-state index in [1.54, 1.807) is 4.90 Å². The van der Waals surface area contributed by atoms with Gasteiger partial charge in [0.05, 0.1) is 19.8 Å². The number of rotatable bonds is 14. The van der Waals surface area contributed by atoms with Gasteiger partial charge in [0.15, 0.2) is 0 Å². The molecule has 0 bridgehead atoms. The molecule has 214 valence electrons. The normalized spacial score (nSPS) is 14.4. The molecule has 0 radical (unpaired) electrons. The molecule has 1 aliphatic heterocycles. The molecular formula is C29H37N5O6. The molecule has 11 nitrogen and oxygen atoms in total. The Morgan fingerprint density at radius 3 is 2.05 bits per heavy atom. The van der Waals surface area contributed by atoms with E-state index in [4.69, 9.17) is 10.5 Å². The zero-order valence-corrected chi connectivity index (χ0v) is 22.5. The molecule has 0 aromatic heterocycles. The molecule has 1 aliphatic rings. The number of carbonyl (C=O) groups is 5. The molecule has 0 unspecified atom stereocenters. The van der Waals surface area contributed by atoms with Gasteiger partial charge in [-0.3, -0.25) is 24.0 Å². The highest BCUT2D eigenvalue weighted by molar-refractivity contribution is 5.93. The van der Waals surface area contributed by atoms with E-state index in [9.17, 15) is 24.0 Å². The molecule has 0 aliphatic carbocycles. The Bertz CT molecular complexity index is 1140. The van der Waals surface area contributed by atoms with Crippen molar-refractivity contribution in [3.8, 4) is 0 Å². The summed E-state index contributed by atoms with van der Waals surface area (Å²) in [7, 11) is 0. The number of nitrogens with zero attached hydrogens (tertiary/aromatic N) is 1. The van der Waals surface area contributed by atoms with E-state index in [0.717, 1.165) is 11.1 Å². The van der Waals surface area contributed by atoms with Crippen LogP contribution in [0.5, 0.6) is 0 Å². The third-order valence-corrected chi connectivity index (χ3v) is 6.48. The minimum Gasteiger partial charge on any atom is -0.378 e. The maximum Gasteiger partial charge on any atom is 0.245 e. The molecule has 0 saturated carbocycles. The number of nitrogens with two attached hydrogens (primary N) is 1. The first kappa shape index (κ1) is 30.3. The van der Waals surface area contributed by atoms with Crippen LogP contribution in [0.3, 0.4) is 0 Å². The fraction of sp³-hybridized carbons (Fsp3) is 0.414. The van der Waals surface area contributed by atoms with Crippen LogP contribution < -0.4 is 21.7 Å². The fourth-order valence-corrected chi connectivity index (χ4v) is 4.29. The topological polar surface area (TPSA) is 160 Å². The Balaban J connectivity index is 1.62. The van der Waals surface area contributed by atoms with Gasteiger partial charge in [-0.2, -0.15) is 0 Å². The minimum absolute atomic E-state index is 0.0285. The molecular weight excluding hydrogens is 514 g/mol. The predicted octanol–water partition coefficient (Wildman–Crippen LogP) is 0.0720. The average Bonchev–Trinajstić information content (AvgIpc) is 2.97. The third-order valence-electron chi connectivity index (χ3n) is 6.48. The number of aryl methyl sites for hydroxylation is 1. The lowest BCUT2D eigenvalue weighted by Crippen LogP contribution is -2.57. The molecule has 5 amide bonds. The number of hydrogen-bond acceptors (Lipinski definition) is 6. The largest absolute Gasteiger partial charge is 0.378 e. The quantitative estimate of drug-likeness (QED) is 0.260. The maximum absolute atomic E-state index is 13.4. The Morgan fingerprint density at radius 1 is 0.800 bits per heavy atom. The number of primary amides is 1. The van der Waals surface area contributed by atoms with Crippen molar-refractivity contribution >= 4 is 29.5 Å². The first-order valence-electron chi connectivity index (χ1n) is 13.4. The van der Waals surface area contributed by atoms with Crippen LogP contribution in [0.1, 0.15) is 30.4 Å². The number of hydrogen-bond donors (Lipinski definition) is 4. The summed E-state index contributed by atoms with van der Waals surface area (Å²) in [4.78, 5) is 64.6. The van der Waals surface area contributed by atoms with E-state index < -0.39 is 29.8 Å². The molecule has 40 heavy (non-hydrogen) atoms. The van der Waals surface area contributed by atoms with Crippen LogP contribution in [-0.2, 0) is 41.6 Å². The summed E-state index contributed by atoms with van der Waals surface area (Å²) >= 11 is 0. The maximum atomic E-state index is 13.4. The van der Waals surface area contributed by atoms with Gasteiger partial charge in [-0.25, -0.2) is 0 Å². The average molecular weight is 552 g/mol. The minimum atomic E-state index is -1.02. The number of carbonyl (C=O) groups excluding carboxylic acids is 5. The second-order valence-electron chi connectivity index (χ2n) is 9.58. The van der Waals surface area contributed by atoms with Crippen LogP contribution in [0, 0.1) is 0 Å². The molecule has 2 atom stereocenters. The highest BCUT2D eigenvalue weighted by Gasteiger charge is 2.30. The van der Waals surface area contributed by atoms with Gasteiger partial charge in [0.25, 0.3) is 0 Å². The lowest BCUT2D eigenvalue weighted by atomic mass is 10.0. The monoisotopic (exact) mass is 551 g/mol. The second-order valence-corrected chi connectivity index (χ2v) is 9.58. The van der Waals surface area contributed by atoms with Crippen LogP contribution in [0.15, 0.2) is 60.7 Å². The van der Waals surface area contributed by atoms with Crippen molar-refractivity contribution in [3.63, 3.8) is 0 Å². The number of amides is 5. The Labute approximate surface area is 233 Å². The first-order valence-corrected chi connectivity index (χ1v) is 13.4. The number of benzene rings is 2. The lowest BCUT2D eigenvalue weighted by Gasteiger charge is -2.31. The molecule has 1 fully saturated rings. The highest BCUT2D eigenvalue weighted by Crippen LogP contribution is 2.09. The Morgan fingerprint density at radius 2 is 1.43 bits per heavy atom. The van der Waals surface area contributed by atoms with Gasteiger partial charge in [0.2, 0.25) is 29.5 Å². The zero-order valence-electron chi connectivity index (χ0n) is 22.5. The smallest absolute Gasteiger partial charge is 0.245 e. The van der Waals surface area contributed by atoms with E-state index in [2.05, 4.69) is 16.0 Å². The summed E-state index contributed by atoms with van der Waals surface area (Å²) in [5, 5.41) is 7.99. The van der Waals surface area contributed by atoms with E-state index in [-0.39, 0.29) is 44.0 Å². The van der Waals surface area contributed by atoms with E-state index in [0.29, 0.717) is 32.7 Å². The predicted molar refractivity (Wildman–Crippen MR) is 148 cm³/mol. The van der Waals surface area contributed by atoms with Crippen molar-refractivity contribution in [2.45, 2.75) is 44.2 Å². The van der Waals surface area contributed by atoms with Crippen LogP contribution in [0.4, 0.5) is 0 Å². The van der Waals surface area contributed by atoms with E-state index >= 15 is 0 Å². The van der Waals surface area contributed by atoms with Gasteiger partial charge in [-0.05, 0) is 24.0 Å². The molecule has 1 saturated heterocycles. The fourth-order valence-electron chi connectivity index (χ4n) is 4.29. The van der Waals surface area contributed by atoms with Gasteiger partial charge in [0.1, 0.15) is 12.1 Å². The van der Waals surface area contributed by atoms with Gasteiger partial charge in [-0.1, -0.05) is 60.7 Å². The van der Waals surface area contributed by atoms with Crippen molar-refractivity contribution < 1.29 is 28.7 Å². The zero-order chi connectivity index (χ0) is 28.7. The summed E-state index contributed by atoms with van der Waals surface area (Å²) in [6.45, 7) is 1.20. The van der Waals surface area contributed by atoms with Gasteiger partial charge in [-0.15, -0.1) is 0 Å². The van der Waals surface area contributed by atoms with Gasteiger partial charge in [0, 0.05) is 32.4 Å². The van der Waals surface area contributed by atoms with Crippen molar-refractivity contribution in [1.82, 2.24) is 20.9 Å². The van der Waals surface area contributed by atoms with Crippen LogP contribution in [0.25, 0.3) is 0 Å². The van der Waals surface area contributed by atoms with Gasteiger partial charge < -0.3 is 31.3 Å². The summed E-state index contributed by atoms with van der Waals surface area (Å²) in [6, 6.07) is 16.6. The van der Waals surface area contributed by atoms with Crippen molar-refractivity contribution in [2.75, 3.05) is 32.8 Å². The second kappa shape index (κ2) is 16.0. The molecule has 1 heterocycles. The van der Waals surface area contributed by atoms with E-state index in [1.165, 1.54) is 0 Å². The van der Waals surface area contributed by atoms with Crippen LogP contribution in [0.2, 0.25) is 0 Å². The summed E-state index contributed by atoms with van der Waals surface area (Å²) in [5.41, 5.74) is 7.11. The first-order chi connectivity index (χ1) is 19.3. The Kier molecular flexibility index (Phi) is 12.1. The standard InChI is InChI=1S/C29H37N5O6/c30-25(35)13-12-23(29(39)34-15-17-40-18-16-34)33-28(38)24(19-22-9-5-2-6-10-22)32-27(37)20-31-26(36)14-11-21-7-3-1-4-8-21/h1-10,23-24H,11-20H2,(H2,30,35)(H,31,36)(H,32,37)(H,33,38)/t23-,24-/m0/s1. The number of nitrogens with one attached hydrogen (secondary N) is 3. The van der Waals surface area contributed by atoms with Crippen LogP contribution >= 0.6 is 0 Å². The molecule has 0 spiro atoms. The van der Waals surface area contributed by atoms with Gasteiger partial charge >= 0.3 is 0 Å². The van der Waals surface area contributed by atoms with E-state index in [1.807, 2.05) is 60.7 Å². The molecule has 2 aromatic rings. The third kappa shape index (κ3) is 10.5. The molecule has 3 rings (SSSR count). The van der Waals surface area contributed by atoms with Crippen LogP contribution in [-0.4, -0.2) is 79.4 Å². The van der Waals surface area contributed by atoms with Crippen molar-refractivity contribution in [2.24, 2.45) is 5.73 Å². The molecule has 2 aromatic carbocycles. The van der Waals surface area contributed by atoms with Crippen molar-refractivity contribution in [1.29, 1.82) is 0 Å². The number of morpholine rings is 1. The molecule has 5 N–H and O–H groups in total. The summed E-state index contributed by atoms with van der Waals surface area (Å²) in [5.74, 6) is -2.34. The molecule has 11 heteroatoms. The SMILES string of the molecule is NC(=O)CC[C@H](NC(=O)[C@H](Cc1ccccc1)NC(=O)CNC(=O)CCc1ccccc1)C(=O)N1CCOCC1. The highest BCUT2D eigenvalue weighted by atomic mass is 16.5. The lowest BCUT2D eigenvalue weighted by molar-refractivity contribution is -0.140. The Hall–Kier alpha value is -4.25. The number of ether oxygens (including phenoxy) is 1. The summed E-state index contributed by atoms with van der Waals surface area (Å²) < 4.78 is 5.30. The van der Waals surface area contributed by atoms with Crippen molar-refractivity contribution in [3.05, 3.63) is 71.8 Å². The summed E-state index contributed by atoms with van der Waals surface area (Å²) in [6.07, 6.45) is 0.856.